The fourth-order valence-corrected chi connectivity index (χ4v) is 2.94. The number of hydrogen-bond donors (Lipinski definition) is 1. The number of rotatable bonds is 5. The van der Waals surface area contributed by atoms with E-state index >= 15 is 0 Å². The summed E-state index contributed by atoms with van der Waals surface area (Å²) < 4.78 is 6.49. The van der Waals surface area contributed by atoms with Gasteiger partial charge in [0, 0.05) is 12.8 Å². The lowest BCUT2D eigenvalue weighted by molar-refractivity contribution is 0.414. The summed E-state index contributed by atoms with van der Waals surface area (Å²) >= 11 is 1.34. The van der Waals surface area contributed by atoms with Crippen molar-refractivity contribution in [2.45, 2.75) is 12.8 Å². The minimum absolute atomic E-state index is 0.243. The van der Waals surface area contributed by atoms with Gasteiger partial charge in [-0.25, -0.2) is 0 Å². The Bertz CT molecular complexity index is 858. The first-order valence-corrected chi connectivity index (χ1v) is 7.60. The van der Waals surface area contributed by atoms with Gasteiger partial charge in [0.05, 0.1) is 7.11 Å². The van der Waals surface area contributed by atoms with E-state index in [9.17, 15) is 4.79 Å². The number of ether oxygens (including phenoxy) is 1. The maximum Gasteiger partial charge on any atom is 0.297 e. The highest BCUT2D eigenvalue weighted by molar-refractivity contribution is 7.16. The van der Waals surface area contributed by atoms with Crippen molar-refractivity contribution < 1.29 is 4.74 Å². The van der Waals surface area contributed by atoms with Crippen molar-refractivity contribution in [3.05, 3.63) is 50.9 Å². The summed E-state index contributed by atoms with van der Waals surface area (Å²) in [7, 11) is 1.61. The molecule has 0 aliphatic rings. The van der Waals surface area contributed by atoms with Gasteiger partial charge in [0.1, 0.15) is 16.5 Å². The quantitative estimate of drug-likeness (QED) is 0.742. The first-order valence-electron chi connectivity index (χ1n) is 6.78. The molecule has 114 valence electrons. The third-order valence-electron chi connectivity index (χ3n) is 3.16. The molecule has 8 heteroatoms. The second kappa shape index (κ2) is 6.20. The molecule has 7 nitrogen and oxygen atoms in total. The third kappa shape index (κ3) is 2.83. The zero-order chi connectivity index (χ0) is 15.5. The highest BCUT2D eigenvalue weighted by Gasteiger charge is 2.12. The van der Waals surface area contributed by atoms with Crippen molar-refractivity contribution in [2.24, 2.45) is 5.73 Å². The first-order chi connectivity index (χ1) is 10.7. The van der Waals surface area contributed by atoms with Crippen molar-refractivity contribution in [2.75, 3.05) is 13.7 Å². The first kappa shape index (κ1) is 14.6. The van der Waals surface area contributed by atoms with Crippen LogP contribution in [0, 0.1) is 0 Å². The molecule has 0 amide bonds. The average molecular weight is 317 g/mol. The number of benzene rings is 1. The fourth-order valence-electron chi connectivity index (χ4n) is 2.10. The largest absolute Gasteiger partial charge is 0.497 e. The number of nitrogens with two attached hydrogens (primary N) is 1. The van der Waals surface area contributed by atoms with Crippen LogP contribution >= 0.6 is 11.3 Å². The van der Waals surface area contributed by atoms with Gasteiger partial charge in [-0.3, -0.25) is 4.79 Å². The maximum absolute atomic E-state index is 12.4. The van der Waals surface area contributed by atoms with Gasteiger partial charge in [0.15, 0.2) is 0 Å². The standard InChI is InChI=1S/C14H15N5O2S/c1-21-10-4-2-3-9(7-10)8-11-13(20)19-14(17-16-11)22-12(18-19)5-6-15/h2-4,7H,5-6,8,15H2,1H3. The number of methoxy groups -OCH3 is 1. The molecule has 3 aromatic rings. The lowest BCUT2D eigenvalue weighted by atomic mass is 10.1. The van der Waals surface area contributed by atoms with Crippen LogP contribution in [-0.4, -0.2) is 33.5 Å². The Morgan fingerprint density at radius 3 is 3.00 bits per heavy atom. The molecule has 0 aliphatic heterocycles. The number of hydrogen-bond acceptors (Lipinski definition) is 7. The molecule has 2 heterocycles. The van der Waals surface area contributed by atoms with Crippen LogP contribution < -0.4 is 16.0 Å². The van der Waals surface area contributed by atoms with Crippen molar-refractivity contribution >= 4 is 16.3 Å². The molecule has 0 spiro atoms. The van der Waals surface area contributed by atoms with Crippen LogP contribution in [0.5, 0.6) is 5.75 Å². The fraction of sp³-hybridized carbons (Fsp3) is 0.286. The topological polar surface area (TPSA) is 95.4 Å². The third-order valence-corrected chi connectivity index (χ3v) is 4.12. The minimum Gasteiger partial charge on any atom is -0.497 e. The summed E-state index contributed by atoms with van der Waals surface area (Å²) in [5.41, 5.74) is 6.56. The Kier molecular flexibility index (Phi) is 4.12. The van der Waals surface area contributed by atoms with Gasteiger partial charge in [-0.1, -0.05) is 23.5 Å². The second-order valence-corrected chi connectivity index (χ2v) is 5.75. The Hall–Kier alpha value is -2.32. The maximum atomic E-state index is 12.4. The average Bonchev–Trinajstić information content (AvgIpc) is 2.94. The van der Waals surface area contributed by atoms with Crippen LogP contribution in [0.2, 0.25) is 0 Å². The Balaban J connectivity index is 1.96. The van der Waals surface area contributed by atoms with Crippen LogP contribution in [0.4, 0.5) is 0 Å². The van der Waals surface area contributed by atoms with Gasteiger partial charge >= 0.3 is 0 Å². The number of fused-ring (bicyclic) bond motifs is 1. The molecule has 0 bridgehead atoms. The van der Waals surface area contributed by atoms with Crippen LogP contribution in [-0.2, 0) is 12.8 Å². The van der Waals surface area contributed by atoms with Crippen molar-refractivity contribution in [3.63, 3.8) is 0 Å². The van der Waals surface area contributed by atoms with E-state index < -0.39 is 0 Å². The number of aromatic nitrogens is 4. The summed E-state index contributed by atoms with van der Waals surface area (Å²) in [6.45, 7) is 0.485. The summed E-state index contributed by atoms with van der Waals surface area (Å²) in [5, 5.41) is 13.2. The molecule has 2 N–H and O–H groups in total. The summed E-state index contributed by atoms with van der Waals surface area (Å²) in [6, 6.07) is 7.51. The Morgan fingerprint density at radius 1 is 1.36 bits per heavy atom. The van der Waals surface area contributed by atoms with E-state index in [2.05, 4.69) is 15.3 Å². The second-order valence-electron chi connectivity index (χ2n) is 4.71. The highest BCUT2D eigenvalue weighted by atomic mass is 32.1. The lowest BCUT2D eigenvalue weighted by Crippen LogP contribution is -2.22. The van der Waals surface area contributed by atoms with Crippen LogP contribution in [0.15, 0.2) is 29.1 Å². The monoisotopic (exact) mass is 317 g/mol. The van der Waals surface area contributed by atoms with Crippen LogP contribution in [0.25, 0.3) is 4.96 Å². The molecule has 22 heavy (non-hydrogen) atoms. The Labute approximate surface area is 130 Å². The molecule has 0 unspecified atom stereocenters. The number of nitrogens with zero attached hydrogens (tertiary/aromatic N) is 4. The van der Waals surface area contributed by atoms with Gasteiger partial charge in [0.2, 0.25) is 4.96 Å². The van der Waals surface area contributed by atoms with Crippen molar-refractivity contribution in [1.82, 2.24) is 19.8 Å². The van der Waals surface area contributed by atoms with Crippen molar-refractivity contribution in [3.8, 4) is 5.75 Å². The van der Waals surface area contributed by atoms with Gasteiger partial charge in [-0.2, -0.15) is 9.61 Å². The molecular formula is C14H15N5O2S. The van der Waals surface area contributed by atoms with E-state index in [-0.39, 0.29) is 5.56 Å². The summed E-state index contributed by atoms with van der Waals surface area (Å²) in [4.78, 5) is 12.9. The summed E-state index contributed by atoms with van der Waals surface area (Å²) in [6.07, 6.45) is 1.01. The van der Waals surface area contributed by atoms with Crippen LogP contribution in [0.3, 0.4) is 0 Å². The highest BCUT2D eigenvalue weighted by Crippen LogP contribution is 2.15. The van der Waals surface area contributed by atoms with Crippen LogP contribution in [0.1, 0.15) is 16.3 Å². The van der Waals surface area contributed by atoms with Gasteiger partial charge in [-0.15, -0.1) is 10.2 Å². The molecule has 0 saturated carbocycles. The molecule has 0 fully saturated rings. The van der Waals surface area contributed by atoms with E-state index in [4.69, 9.17) is 10.5 Å². The van der Waals surface area contributed by atoms with E-state index in [0.717, 1.165) is 16.3 Å². The lowest BCUT2D eigenvalue weighted by Gasteiger charge is -2.03. The molecule has 0 atom stereocenters. The SMILES string of the molecule is COc1cccc(Cc2nnc3sc(CCN)nn3c2=O)c1. The molecule has 0 saturated heterocycles. The Morgan fingerprint density at radius 2 is 2.23 bits per heavy atom. The van der Waals surface area contributed by atoms with E-state index in [0.29, 0.717) is 30.0 Å². The predicted molar refractivity (Wildman–Crippen MR) is 83.5 cm³/mol. The normalized spacial score (nSPS) is 11.0. The zero-order valence-corrected chi connectivity index (χ0v) is 12.8. The molecular weight excluding hydrogens is 302 g/mol. The molecule has 0 radical (unpaired) electrons. The predicted octanol–water partition coefficient (Wildman–Crippen LogP) is 0.647. The smallest absolute Gasteiger partial charge is 0.297 e. The summed E-state index contributed by atoms with van der Waals surface area (Å²) in [5.74, 6) is 0.741. The van der Waals surface area contributed by atoms with E-state index in [1.54, 1.807) is 7.11 Å². The molecule has 3 rings (SSSR count). The zero-order valence-electron chi connectivity index (χ0n) is 12.0. The van der Waals surface area contributed by atoms with Gasteiger partial charge in [-0.05, 0) is 24.2 Å². The van der Waals surface area contributed by atoms with E-state index in [1.165, 1.54) is 15.9 Å². The van der Waals surface area contributed by atoms with E-state index in [1.807, 2.05) is 24.3 Å². The molecule has 1 aromatic carbocycles. The van der Waals surface area contributed by atoms with Gasteiger partial charge < -0.3 is 10.5 Å². The minimum atomic E-state index is -0.243. The molecule has 2 aromatic heterocycles. The van der Waals surface area contributed by atoms with Gasteiger partial charge in [0.25, 0.3) is 5.56 Å². The van der Waals surface area contributed by atoms with Crippen molar-refractivity contribution in [1.29, 1.82) is 0 Å². The molecule has 0 aliphatic carbocycles.